The SMILES string of the molecule is NCCC(=O)c1c(Cl)ccc2c1CCO2. The number of hydrogen-bond acceptors (Lipinski definition) is 3. The molecule has 4 heteroatoms. The molecule has 1 aliphatic heterocycles. The zero-order chi connectivity index (χ0) is 10.8. The third-order valence-corrected chi connectivity index (χ3v) is 2.79. The molecule has 1 heterocycles. The molecule has 3 nitrogen and oxygen atoms in total. The Labute approximate surface area is 93.2 Å². The topological polar surface area (TPSA) is 52.3 Å². The molecule has 0 fully saturated rings. The van der Waals surface area contributed by atoms with E-state index < -0.39 is 0 Å². The maximum absolute atomic E-state index is 11.8. The highest BCUT2D eigenvalue weighted by Crippen LogP contribution is 2.33. The third kappa shape index (κ3) is 1.85. The summed E-state index contributed by atoms with van der Waals surface area (Å²) in [4.78, 5) is 11.8. The fourth-order valence-electron chi connectivity index (χ4n) is 1.80. The highest BCUT2D eigenvalue weighted by molar-refractivity contribution is 6.34. The number of ether oxygens (including phenoxy) is 1. The second-order valence-electron chi connectivity index (χ2n) is 3.46. The van der Waals surface area contributed by atoms with Gasteiger partial charge in [0, 0.05) is 24.0 Å². The standard InChI is InChI=1S/C11H12ClNO2/c12-8-1-2-10-7(4-6-15-10)11(8)9(14)3-5-13/h1-2H,3-6,13H2. The minimum atomic E-state index is 0.00449. The Balaban J connectivity index is 2.45. The fraction of sp³-hybridized carbons (Fsp3) is 0.364. The van der Waals surface area contributed by atoms with Crippen LogP contribution in [0.4, 0.5) is 0 Å². The molecule has 0 saturated carbocycles. The highest BCUT2D eigenvalue weighted by Gasteiger charge is 2.22. The smallest absolute Gasteiger partial charge is 0.166 e. The summed E-state index contributed by atoms with van der Waals surface area (Å²) in [5.74, 6) is 0.782. The Hall–Kier alpha value is -1.06. The van der Waals surface area contributed by atoms with Gasteiger partial charge < -0.3 is 10.5 Å². The number of rotatable bonds is 3. The van der Waals surface area contributed by atoms with E-state index in [0.29, 0.717) is 30.2 Å². The molecule has 2 N–H and O–H groups in total. The molecule has 0 atom stereocenters. The summed E-state index contributed by atoms with van der Waals surface area (Å²) in [6.07, 6.45) is 1.08. The van der Waals surface area contributed by atoms with E-state index in [1.54, 1.807) is 6.07 Å². The van der Waals surface area contributed by atoms with E-state index in [2.05, 4.69) is 0 Å². The van der Waals surface area contributed by atoms with E-state index in [1.807, 2.05) is 6.07 Å². The van der Waals surface area contributed by atoms with Crippen LogP contribution in [0, 0.1) is 0 Å². The van der Waals surface area contributed by atoms with Gasteiger partial charge in [-0.25, -0.2) is 0 Å². The van der Waals surface area contributed by atoms with E-state index in [4.69, 9.17) is 22.1 Å². The minimum absolute atomic E-state index is 0.00449. The van der Waals surface area contributed by atoms with Crippen LogP contribution in [-0.4, -0.2) is 18.9 Å². The molecule has 0 saturated heterocycles. The number of ketones is 1. The van der Waals surface area contributed by atoms with Crippen molar-refractivity contribution in [2.75, 3.05) is 13.2 Å². The van der Waals surface area contributed by atoms with Crippen LogP contribution >= 0.6 is 11.6 Å². The van der Waals surface area contributed by atoms with E-state index >= 15 is 0 Å². The largest absolute Gasteiger partial charge is 0.493 e. The van der Waals surface area contributed by atoms with Crippen LogP contribution in [0.5, 0.6) is 5.75 Å². The van der Waals surface area contributed by atoms with Gasteiger partial charge in [0.1, 0.15) is 5.75 Å². The van der Waals surface area contributed by atoms with Gasteiger partial charge in [-0.2, -0.15) is 0 Å². The van der Waals surface area contributed by atoms with Crippen molar-refractivity contribution in [2.24, 2.45) is 5.73 Å². The Morgan fingerprint density at radius 1 is 1.53 bits per heavy atom. The van der Waals surface area contributed by atoms with Gasteiger partial charge in [0.15, 0.2) is 5.78 Å². The van der Waals surface area contributed by atoms with E-state index in [1.165, 1.54) is 0 Å². The number of carbonyl (C=O) groups is 1. The average molecular weight is 226 g/mol. The maximum atomic E-state index is 11.8. The predicted octanol–water partition coefficient (Wildman–Crippen LogP) is 1.81. The molecule has 0 spiro atoms. The number of nitrogens with two attached hydrogens (primary N) is 1. The van der Waals surface area contributed by atoms with Crippen molar-refractivity contribution in [3.8, 4) is 5.75 Å². The molecule has 2 rings (SSSR count). The van der Waals surface area contributed by atoms with Crippen LogP contribution in [0.2, 0.25) is 5.02 Å². The van der Waals surface area contributed by atoms with Crippen LogP contribution in [0.15, 0.2) is 12.1 Å². The third-order valence-electron chi connectivity index (χ3n) is 2.48. The second kappa shape index (κ2) is 4.21. The lowest BCUT2D eigenvalue weighted by Gasteiger charge is -2.07. The Kier molecular flexibility index (Phi) is 2.93. The quantitative estimate of drug-likeness (QED) is 0.799. The zero-order valence-electron chi connectivity index (χ0n) is 8.25. The predicted molar refractivity (Wildman–Crippen MR) is 58.7 cm³/mol. The van der Waals surface area contributed by atoms with Crippen LogP contribution in [0.25, 0.3) is 0 Å². The molecule has 1 aromatic carbocycles. The Morgan fingerprint density at radius 2 is 2.33 bits per heavy atom. The van der Waals surface area contributed by atoms with Gasteiger partial charge in [-0.1, -0.05) is 11.6 Å². The summed E-state index contributed by atoms with van der Waals surface area (Å²) in [6.45, 7) is 0.971. The summed E-state index contributed by atoms with van der Waals surface area (Å²) < 4.78 is 5.38. The Morgan fingerprint density at radius 3 is 3.07 bits per heavy atom. The van der Waals surface area contributed by atoms with Gasteiger partial charge in [0.2, 0.25) is 0 Å². The molecule has 0 amide bonds. The van der Waals surface area contributed by atoms with Crippen LogP contribution in [-0.2, 0) is 6.42 Å². The van der Waals surface area contributed by atoms with Crippen molar-refractivity contribution < 1.29 is 9.53 Å². The molecule has 15 heavy (non-hydrogen) atoms. The molecular weight excluding hydrogens is 214 g/mol. The van der Waals surface area contributed by atoms with Crippen molar-refractivity contribution in [3.63, 3.8) is 0 Å². The average Bonchev–Trinajstić information content (AvgIpc) is 2.65. The van der Waals surface area contributed by atoms with Gasteiger partial charge in [0.25, 0.3) is 0 Å². The Bertz CT molecular complexity index is 404. The van der Waals surface area contributed by atoms with Gasteiger partial charge in [-0.3, -0.25) is 4.79 Å². The van der Waals surface area contributed by atoms with Gasteiger partial charge in [-0.15, -0.1) is 0 Å². The number of Topliss-reactive ketones (excluding diaryl/α,β-unsaturated/α-hetero) is 1. The number of carbonyl (C=O) groups excluding carboxylic acids is 1. The number of halogens is 1. The molecular formula is C11H12ClNO2. The van der Waals surface area contributed by atoms with Crippen molar-refractivity contribution in [1.29, 1.82) is 0 Å². The highest BCUT2D eigenvalue weighted by atomic mass is 35.5. The fourth-order valence-corrected chi connectivity index (χ4v) is 2.09. The lowest BCUT2D eigenvalue weighted by Crippen LogP contribution is -2.10. The van der Waals surface area contributed by atoms with Crippen LogP contribution < -0.4 is 10.5 Å². The van der Waals surface area contributed by atoms with E-state index in [9.17, 15) is 4.79 Å². The van der Waals surface area contributed by atoms with Gasteiger partial charge >= 0.3 is 0 Å². The number of fused-ring (bicyclic) bond motifs is 1. The second-order valence-corrected chi connectivity index (χ2v) is 3.87. The van der Waals surface area contributed by atoms with E-state index in [-0.39, 0.29) is 5.78 Å². The first-order chi connectivity index (χ1) is 7.24. The molecule has 0 radical (unpaired) electrons. The van der Waals surface area contributed by atoms with Crippen molar-refractivity contribution in [1.82, 2.24) is 0 Å². The molecule has 80 valence electrons. The molecule has 0 unspecified atom stereocenters. The lowest BCUT2D eigenvalue weighted by molar-refractivity contribution is 0.0985. The number of hydrogen-bond donors (Lipinski definition) is 1. The summed E-state index contributed by atoms with van der Waals surface area (Å²) in [6, 6.07) is 3.51. The summed E-state index contributed by atoms with van der Waals surface area (Å²) >= 11 is 6.02. The first kappa shape index (κ1) is 10.5. The maximum Gasteiger partial charge on any atom is 0.166 e. The first-order valence-corrected chi connectivity index (χ1v) is 5.29. The monoisotopic (exact) mass is 225 g/mol. The molecule has 0 aromatic heterocycles. The summed E-state index contributed by atoms with van der Waals surface area (Å²) in [7, 11) is 0. The molecule has 0 bridgehead atoms. The summed E-state index contributed by atoms with van der Waals surface area (Å²) in [5, 5.41) is 0.498. The summed E-state index contributed by atoms with van der Waals surface area (Å²) in [5.41, 5.74) is 6.89. The molecule has 0 aliphatic carbocycles. The van der Waals surface area contributed by atoms with Gasteiger partial charge in [0.05, 0.1) is 11.6 Å². The molecule has 1 aliphatic rings. The van der Waals surface area contributed by atoms with Gasteiger partial charge in [-0.05, 0) is 18.7 Å². The van der Waals surface area contributed by atoms with Crippen molar-refractivity contribution in [3.05, 3.63) is 28.3 Å². The first-order valence-electron chi connectivity index (χ1n) is 4.91. The molecule has 1 aromatic rings. The van der Waals surface area contributed by atoms with Crippen molar-refractivity contribution >= 4 is 17.4 Å². The van der Waals surface area contributed by atoms with Crippen LogP contribution in [0.3, 0.4) is 0 Å². The number of benzene rings is 1. The van der Waals surface area contributed by atoms with E-state index in [0.717, 1.165) is 17.7 Å². The zero-order valence-corrected chi connectivity index (χ0v) is 9.01. The van der Waals surface area contributed by atoms with Crippen LogP contribution in [0.1, 0.15) is 22.3 Å². The minimum Gasteiger partial charge on any atom is -0.493 e. The normalized spacial score (nSPS) is 13.5. The van der Waals surface area contributed by atoms with Crippen molar-refractivity contribution in [2.45, 2.75) is 12.8 Å². The lowest BCUT2D eigenvalue weighted by atomic mass is 9.99.